The van der Waals surface area contributed by atoms with E-state index in [-0.39, 0.29) is 24.1 Å². The van der Waals surface area contributed by atoms with Crippen molar-refractivity contribution in [3.63, 3.8) is 0 Å². The Morgan fingerprint density at radius 3 is 2.54 bits per heavy atom. The van der Waals surface area contributed by atoms with E-state index in [9.17, 15) is 18.0 Å². The van der Waals surface area contributed by atoms with Gasteiger partial charge in [0.2, 0.25) is 5.91 Å². The fourth-order valence-electron chi connectivity index (χ4n) is 3.38. The van der Waals surface area contributed by atoms with Gasteiger partial charge in [0.15, 0.2) is 0 Å². The van der Waals surface area contributed by atoms with E-state index in [1.807, 2.05) is 0 Å². The monoisotopic (exact) mass is 399 g/mol. The Balaban J connectivity index is 1.53. The number of aliphatic imine (C=N–C) groups is 1. The van der Waals surface area contributed by atoms with Crippen molar-refractivity contribution < 1.29 is 18.0 Å². The number of nitrogens with zero attached hydrogens (tertiary/aromatic N) is 4. The van der Waals surface area contributed by atoms with E-state index in [1.165, 1.54) is 17.1 Å². The second kappa shape index (κ2) is 8.29. The van der Waals surface area contributed by atoms with Crippen LogP contribution in [0.4, 0.5) is 18.9 Å². The van der Waals surface area contributed by atoms with E-state index >= 15 is 0 Å². The summed E-state index contributed by atoms with van der Waals surface area (Å²) >= 11 is 0. The molecule has 3 rings (SSSR count). The van der Waals surface area contributed by atoms with Crippen molar-refractivity contribution in [1.29, 1.82) is 0 Å². The van der Waals surface area contributed by atoms with E-state index < -0.39 is 18.8 Å². The normalized spacial score (nSPS) is 19.4. The zero-order valence-corrected chi connectivity index (χ0v) is 15.3. The summed E-state index contributed by atoms with van der Waals surface area (Å²) < 4.78 is 37.8. The molecule has 11 heteroatoms. The van der Waals surface area contributed by atoms with Gasteiger partial charge < -0.3 is 16.9 Å². The third kappa shape index (κ3) is 5.78. The van der Waals surface area contributed by atoms with Crippen LogP contribution in [-0.2, 0) is 11.3 Å². The zero-order valence-electron chi connectivity index (χ0n) is 15.3. The molecule has 1 heterocycles. The number of hydrogen-bond acceptors (Lipinski definition) is 6. The number of nitrogens with two attached hydrogens (primary N) is 2. The van der Waals surface area contributed by atoms with Gasteiger partial charge in [-0.3, -0.25) is 14.5 Å². The van der Waals surface area contributed by atoms with Crippen LogP contribution in [0.2, 0.25) is 0 Å². The minimum atomic E-state index is -4.39. The standard InChI is InChI=1S/C17H24F3N7O/c18-17(19,20)9-23-5-13(26-22)8-27-7-12(6-24-27)25-16(28)15(21)14(10-1-2-10)11-3-4-11/h5-7,10-11,14-15H,1-4,8-9,21-22H2,(H,25,28)/t15-/m0/s1. The van der Waals surface area contributed by atoms with Gasteiger partial charge in [-0.05, 0) is 43.4 Å². The molecule has 0 aromatic carbocycles. The Labute approximate surface area is 160 Å². The van der Waals surface area contributed by atoms with E-state index in [0.717, 1.165) is 31.9 Å². The summed E-state index contributed by atoms with van der Waals surface area (Å²) in [6.45, 7) is -1.29. The Bertz CT molecular complexity index is 738. The molecule has 0 bridgehead atoms. The van der Waals surface area contributed by atoms with Crippen LogP contribution in [-0.4, -0.2) is 46.4 Å². The Morgan fingerprint density at radius 2 is 2.00 bits per heavy atom. The number of alkyl halides is 3. The van der Waals surface area contributed by atoms with Crippen molar-refractivity contribution in [1.82, 2.24) is 9.78 Å². The average molecular weight is 399 g/mol. The molecule has 1 amide bonds. The number of anilines is 1. The fraction of sp³-hybridized carbons (Fsp3) is 0.647. The Morgan fingerprint density at radius 1 is 1.36 bits per heavy atom. The minimum absolute atomic E-state index is 0.0204. The summed E-state index contributed by atoms with van der Waals surface area (Å²) in [5.74, 6) is 6.27. The summed E-state index contributed by atoms with van der Waals surface area (Å²) in [7, 11) is 0. The molecule has 5 N–H and O–H groups in total. The predicted octanol–water partition coefficient (Wildman–Crippen LogP) is 1.53. The van der Waals surface area contributed by atoms with Crippen molar-refractivity contribution >= 4 is 23.5 Å². The van der Waals surface area contributed by atoms with Crippen LogP contribution in [0.15, 0.2) is 22.5 Å². The van der Waals surface area contributed by atoms with E-state index in [0.29, 0.717) is 17.5 Å². The van der Waals surface area contributed by atoms with Crippen molar-refractivity contribution in [2.24, 2.45) is 39.4 Å². The molecule has 2 fully saturated rings. The highest BCUT2D eigenvalue weighted by atomic mass is 19.4. The Hall–Kier alpha value is -2.43. The number of halogens is 3. The van der Waals surface area contributed by atoms with Gasteiger partial charge >= 0.3 is 6.18 Å². The first-order valence-electron chi connectivity index (χ1n) is 9.19. The number of carbonyl (C=O) groups is 1. The highest BCUT2D eigenvalue weighted by Crippen LogP contribution is 2.50. The second-order valence-electron chi connectivity index (χ2n) is 7.40. The first-order chi connectivity index (χ1) is 13.3. The van der Waals surface area contributed by atoms with Crippen molar-refractivity contribution in [3.8, 4) is 0 Å². The van der Waals surface area contributed by atoms with Gasteiger partial charge in [-0.25, -0.2) is 0 Å². The number of rotatable bonds is 9. The van der Waals surface area contributed by atoms with Crippen molar-refractivity contribution in [2.45, 2.75) is 44.4 Å². The molecular formula is C17H24F3N7O. The van der Waals surface area contributed by atoms with Crippen LogP contribution < -0.4 is 16.9 Å². The molecule has 2 aliphatic rings. The maximum atomic E-state index is 12.5. The highest BCUT2D eigenvalue weighted by Gasteiger charge is 2.46. The number of hydrogen-bond donors (Lipinski definition) is 3. The van der Waals surface area contributed by atoms with Crippen LogP contribution in [0.5, 0.6) is 0 Å². The highest BCUT2D eigenvalue weighted by molar-refractivity contribution is 6.30. The van der Waals surface area contributed by atoms with Crippen LogP contribution in [0.25, 0.3) is 0 Å². The number of hydrazone groups is 1. The van der Waals surface area contributed by atoms with Crippen LogP contribution >= 0.6 is 0 Å². The van der Waals surface area contributed by atoms with E-state index in [1.54, 1.807) is 0 Å². The first-order valence-corrected chi connectivity index (χ1v) is 9.19. The SMILES string of the molecule is NN=C(C=NCC(F)(F)F)Cn1cc(NC(=O)[C@@H](N)C(C2CC2)C2CC2)cn1. The summed E-state index contributed by atoms with van der Waals surface area (Å²) in [6, 6.07) is -0.556. The maximum Gasteiger partial charge on any atom is 0.407 e. The zero-order chi connectivity index (χ0) is 20.3. The number of carbonyl (C=O) groups excluding carboxylic acids is 1. The van der Waals surface area contributed by atoms with Gasteiger partial charge in [0.1, 0.15) is 6.54 Å². The molecule has 28 heavy (non-hydrogen) atoms. The minimum Gasteiger partial charge on any atom is -0.323 e. The molecule has 2 aliphatic carbocycles. The average Bonchev–Trinajstić information content (AvgIpc) is 3.55. The summed E-state index contributed by atoms with van der Waals surface area (Å²) in [4.78, 5) is 15.8. The molecular weight excluding hydrogens is 375 g/mol. The topological polar surface area (TPSA) is 124 Å². The summed E-state index contributed by atoms with van der Waals surface area (Å²) in [6.07, 6.45) is 4.09. The molecule has 2 saturated carbocycles. The molecule has 0 radical (unpaired) electrons. The molecule has 1 aromatic heterocycles. The molecule has 0 unspecified atom stereocenters. The van der Waals surface area contributed by atoms with Gasteiger partial charge in [0.25, 0.3) is 0 Å². The van der Waals surface area contributed by atoms with Crippen LogP contribution in [0.1, 0.15) is 25.7 Å². The molecule has 0 aliphatic heterocycles. The molecule has 0 saturated heterocycles. The quantitative estimate of drug-likeness (QED) is 0.331. The molecule has 1 aromatic rings. The van der Waals surface area contributed by atoms with Crippen LogP contribution in [0, 0.1) is 17.8 Å². The third-order valence-electron chi connectivity index (χ3n) is 4.95. The smallest absolute Gasteiger partial charge is 0.323 e. The van der Waals surface area contributed by atoms with Gasteiger partial charge in [-0.15, -0.1) is 0 Å². The van der Waals surface area contributed by atoms with Gasteiger partial charge in [-0.2, -0.15) is 23.4 Å². The molecule has 0 spiro atoms. The summed E-state index contributed by atoms with van der Waals surface area (Å²) in [5.41, 5.74) is 6.77. The van der Waals surface area contributed by atoms with Crippen molar-refractivity contribution in [3.05, 3.63) is 12.4 Å². The third-order valence-corrected chi connectivity index (χ3v) is 4.95. The van der Waals surface area contributed by atoms with E-state index in [2.05, 4.69) is 20.5 Å². The fourth-order valence-corrected chi connectivity index (χ4v) is 3.38. The predicted molar refractivity (Wildman–Crippen MR) is 98.8 cm³/mol. The lowest BCUT2D eigenvalue weighted by atomic mass is 9.89. The Kier molecular flexibility index (Phi) is 6.01. The molecule has 154 valence electrons. The van der Waals surface area contributed by atoms with Crippen LogP contribution in [0.3, 0.4) is 0 Å². The molecule has 1 atom stereocenters. The largest absolute Gasteiger partial charge is 0.407 e. The lowest BCUT2D eigenvalue weighted by Gasteiger charge is -2.22. The number of amides is 1. The van der Waals surface area contributed by atoms with Gasteiger partial charge in [0.05, 0.1) is 30.2 Å². The number of aromatic nitrogens is 2. The van der Waals surface area contributed by atoms with Crippen molar-refractivity contribution in [2.75, 3.05) is 11.9 Å². The summed E-state index contributed by atoms with van der Waals surface area (Å²) in [5, 5.41) is 10.2. The number of nitrogens with one attached hydrogen (secondary N) is 1. The maximum absolute atomic E-state index is 12.5. The van der Waals surface area contributed by atoms with Gasteiger partial charge in [-0.1, -0.05) is 0 Å². The lowest BCUT2D eigenvalue weighted by Crippen LogP contribution is -2.43. The first kappa shape index (κ1) is 20.3. The van der Waals surface area contributed by atoms with Gasteiger partial charge in [0, 0.05) is 12.4 Å². The second-order valence-corrected chi connectivity index (χ2v) is 7.40. The molecule has 8 nitrogen and oxygen atoms in total. The van der Waals surface area contributed by atoms with E-state index in [4.69, 9.17) is 11.6 Å². The lowest BCUT2D eigenvalue weighted by molar-refractivity contribution is -0.119.